The largest absolute Gasteiger partial charge is 0.288 e. The minimum Gasteiger partial charge on any atom is -0.288 e. The summed E-state index contributed by atoms with van der Waals surface area (Å²) in [6.45, 7) is 0. The molecule has 0 spiro atoms. The lowest BCUT2D eigenvalue weighted by Crippen LogP contribution is -1.99. The highest BCUT2D eigenvalue weighted by molar-refractivity contribution is 8.10. The van der Waals surface area contributed by atoms with Crippen molar-refractivity contribution in [2.24, 2.45) is 7.54 Å². The molecule has 3 nitrogen and oxygen atoms in total. The number of rotatable bonds is 2. The summed E-state index contributed by atoms with van der Waals surface area (Å²) in [5, 5.41) is 1.73. The van der Waals surface area contributed by atoms with Crippen LogP contribution < -0.4 is 0 Å². The van der Waals surface area contributed by atoms with E-state index in [4.69, 9.17) is 0 Å². The molecule has 1 aromatic carbocycles. The monoisotopic (exact) mass is 254 g/mol. The van der Waals surface area contributed by atoms with Crippen LogP contribution in [-0.2, 0) is 11.4 Å². The van der Waals surface area contributed by atoms with Crippen LogP contribution in [0.3, 0.4) is 0 Å². The Bertz CT molecular complexity index is 464. The van der Waals surface area contributed by atoms with Gasteiger partial charge in [-0.25, -0.2) is 0 Å². The number of hydrogen-bond acceptors (Lipinski definition) is 5. The second-order valence-electron chi connectivity index (χ2n) is 2.60. The topological polar surface area (TPSA) is 41.8 Å². The second kappa shape index (κ2) is 5.29. The predicted octanol–water partition coefficient (Wildman–Crippen LogP) is 3.47. The Morgan fingerprint density at radius 1 is 1.13 bits per heavy atom. The molecule has 1 aliphatic rings. The number of hydrogen-bond donors (Lipinski definition) is 0. The number of carbonyl (C=O) groups excluding carboxylic acids is 1. The van der Waals surface area contributed by atoms with E-state index >= 15 is 0 Å². The third-order valence-corrected chi connectivity index (χ3v) is 3.83. The maximum atomic E-state index is 11.9. The van der Waals surface area contributed by atoms with Crippen LogP contribution in [-0.4, -0.2) is 5.78 Å². The molecule has 0 saturated carbocycles. The van der Waals surface area contributed by atoms with Crippen LogP contribution >= 0.6 is 23.9 Å². The lowest BCUT2D eigenvalue weighted by molar-refractivity contribution is 0.104. The molecule has 15 heavy (non-hydrogen) atoms. The quantitative estimate of drug-likeness (QED) is 0.599. The van der Waals surface area contributed by atoms with Crippen molar-refractivity contribution in [3.8, 4) is 0 Å². The fraction of sp³-hybridized carbons (Fsp3) is 0. The summed E-state index contributed by atoms with van der Waals surface area (Å²) in [7, 11) is 0. The van der Waals surface area contributed by atoms with Crippen molar-refractivity contribution < 1.29 is 4.79 Å². The van der Waals surface area contributed by atoms with E-state index in [9.17, 15) is 4.79 Å². The molecule has 6 heteroatoms. The van der Waals surface area contributed by atoms with Crippen molar-refractivity contribution in [1.82, 2.24) is 0 Å². The van der Waals surface area contributed by atoms with Gasteiger partial charge >= 0.3 is 0 Å². The second-order valence-corrected chi connectivity index (χ2v) is 5.03. The molecule has 0 saturated heterocycles. The van der Waals surface area contributed by atoms with Crippen molar-refractivity contribution in [2.45, 2.75) is 0 Å². The molecule has 0 amide bonds. The Balaban J connectivity index is 2.22. The van der Waals surface area contributed by atoms with Gasteiger partial charge in [0.25, 0.3) is 0 Å². The van der Waals surface area contributed by atoms with Gasteiger partial charge in [-0.1, -0.05) is 30.3 Å². The van der Waals surface area contributed by atoms with Crippen molar-refractivity contribution in [1.29, 1.82) is 0 Å². The molecule has 0 atom stereocenters. The van der Waals surface area contributed by atoms with Crippen LogP contribution in [0.5, 0.6) is 0 Å². The Labute approximate surface area is 99.5 Å². The zero-order valence-corrected chi connectivity index (χ0v) is 9.94. The van der Waals surface area contributed by atoms with Gasteiger partial charge in [-0.3, -0.25) is 4.79 Å². The molecule has 76 valence electrons. The van der Waals surface area contributed by atoms with Crippen LogP contribution in [0.25, 0.3) is 0 Å². The molecule has 0 unspecified atom stereocenters. The number of allylic oxidation sites excluding steroid dienone is 1. The summed E-state index contributed by atoms with van der Waals surface area (Å²) in [5.41, 5.74) is 0.680. The van der Waals surface area contributed by atoms with E-state index in [0.717, 1.165) is 11.4 Å². The molecule has 0 bridgehead atoms. The summed E-state index contributed by atoms with van der Waals surface area (Å²) in [5.74, 6) is -0.00505. The standard InChI is InChI=1S/C9H6N2OS3/c12-9(7-4-2-1-3-5-7)8-6-13-10-15-11-14-8/h1-6H. The number of nitrogens with zero attached hydrogens (tertiary/aromatic N) is 2. The zero-order chi connectivity index (χ0) is 10.5. The maximum absolute atomic E-state index is 11.9. The molecule has 2 rings (SSSR count). The van der Waals surface area contributed by atoms with E-state index in [2.05, 4.69) is 7.54 Å². The Hall–Kier alpha value is -0.850. The van der Waals surface area contributed by atoms with Gasteiger partial charge in [0.1, 0.15) is 0 Å². The fourth-order valence-corrected chi connectivity index (χ4v) is 2.85. The van der Waals surface area contributed by atoms with Gasteiger partial charge in [-0.2, -0.15) is 0 Å². The van der Waals surface area contributed by atoms with E-state index in [1.807, 2.05) is 18.2 Å². The van der Waals surface area contributed by atoms with Gasteiger partial charge in [-0.05, 0) is 0 Å². The van der Waals surface area contributed by atoms with Crippen LogP contribution in [0.1, 0.15) is 10.4 Å². The van der Waals surface area contributed by atoms with Crippen molar-refractivity contribution in [3.05, 3.63) is 46.2 Å². The smallest absolute Gasteiger partial charge is 0.201 e. The van der Waals surface area contributed by atoms with Gasteiger partial charge in [0.2, 0.25) is 5.78 Å². The first kappa shape index (κ1) is 10.7. The molecule has 0 aliphatic carbocycles. The lowest BCUT2D eigenvalue weighted by atomic mass is 10.1. The Morgan fingerprint density at radius 3 is 2.73 bits per heavy atom. The Morgan fingerprint density at radius 2 is 1.93 bits per heavy atom. The molecule has 1 aliphatic heterocycles. The first-order valence-corrected chi connectivity index (χ1v) is 6.41. The number of carbonyl (C=O) groups is 1. The number of Topliss-reactive ketones (excluding diaryl/α,β-unsaturated/α-hetero) is 1. The summed E-state index contributed by atoms with van der Waals surface area (Å²) in [6.07, 6.45) is 0. The zero-order valence-electron chi connectivity index (χ0n) is 7.49. The number of benzene rings is 1. The van der Waals surface area contributed by atoms with Gasteiger partial charge in [0.05, 0.1) is 16.3 Å². The van der Waals surface area contributed by atoms with Gasteiger partial charge in [0.15, 0.2) is 0 Å². The predicted molar refractivity (Wildman–Crippen MR) is 66.3 cm³/mol. The highest BCUT2D eigenvalue weighted by atomic mass is 32.2. The van der Waals surface area contributed by atoms with E-state index in [0.29, 0.717) is 10.5 Å². The normalized spacial score (nSPS) is 15.1. The van der Waals surface area contributed by atoms with E-state index in [1.54, 1.807) is 17.5 Å². The van der Waals surface area contributed by atoms with E-state index in [1.165, 1.54) is 23.9 Å². The SMILES string of the molecule is O=C(C1=CSN=S=NS1)c1ccccc1. The molecule has 0 radical (unpaired) electrons. The molecule has 0 fully saturated rings. The van der Waals surface area contributed by atoms with Gasteiger partial charge in [0, 0.05) is 34.9 Å². The highest BCUT2D eigenvalue weighted by Crippen LogP contribution is 2.27. The molecule has 1 heterocycles. The molecular weight excluding hydrogens is 248 g/mol. The van der Waals surface area contributed by atoms with Crippen LogP contribution in [0.4, 0.5) is 0 Å². The van der Waals surface area contributed by atoms with E-state index in [-0.39, 0.29) is 5.78 Å². The third-order valence-electron chi connectivity index (χ3n) is 1.66. The minimum atomic E-state index is -0.00505. The first-order valence-electron chi connectivity index (χ1n) is 4.07. The minimum absolute atomic E-state index is 0.00505. The summed E-state index contributed by atoms with van der Waals surface area (Å²) in [6, 6.07) is 9.17. The van der Waals surface area contributed by atoms with Gasteiger partial charge in [-0.15, -0.1) is 7.54 Å². The summed E-state index contributed by atoms with van der Waals surface area (Å²) < 4.78 is 7.87. The fourth-order valence-electron chi connectivity index (χ4n) is 1.01. The van der Waals surface area contributed by atoms with E-state index < -0.39 is 0 Å². The molecule has 0 aromatic heterocycles. The Kier molecular flexibility index (Phi) is 3.76. The van der Waals surface area contributed by atoms with Crippen molar-refractivity contribution in [2.75, 3.05) is 0 Å². The maximum Gasteiger partial charge on any atom is 0.201 e. The molecule has 1 aromatic rings. The summed E-state index contributed by atoms with van der Waals surface area (Å²) >= 11 is 3.51. The average molecular weight is 254 g/mol. The molecular formula is C9H6N2OS3. The number of ketones is 1. The van der Waals surface area contributed by atoms with Crippen LogP contribution in [0, 0.1) is 0 Å². The lowest BCUT2D eigenvalue weighted by Gasteiger charge is -2.00. The molecule has 0 N–H and O–H groups in total. The first-order chi connectivity index (χ1) is 7.38. The van der Waals surface area contributed by atoms with Crippen LogP contribution in [0.2, 0.25) is 0 Å². The average Bonchev–Trinajstić information content (AvgIpc) is 2.58. The summed E-state index contributed by atoms with van der Waals surface area (Å²) in [4.78, 5) is 12.6. The van der Waals surface area contributed by atoms with Crippen molar-refractivity contribution >= 4 is 41.0 Å². The van der Waals surface area contributed by atoms with Gasteiger partial charge < -0.3 is 0 Å². The van der Waals surface area contributed by atoms with Crippen molar-refractivity contribution in [3.63, 3.8) is 0 Å². The van der Waals surface area contributed by atoms with Crippen LogP contribution in [0.15, 0.2) is 48.2 Å². The third kappa shape index (κ3) is 2.80. The highest BCUT2D eigenvalue weighted by Gasteiger charge is 2.13.